The summed E-state index contributed by atoms with van der Waals surface area (Å²) in [5, 5.41) is 11.4. The molecule has 0 bridgehead atoms. The maximum atomic E-state index is 11.3. The van der Waals surface area contributed by atoms with Crippen LogP contribution in [0.15, 0.2) is 0 Å². The van der Waals surface area contributed by atoms with E-state index in [1.54, 1.807) is 11.8 Å². The van der Waals surface area contributed by atoms with Gasteiger partial charge in [0.05, 0.1) is 6.61 Å². The molecule has 15 heavy (non-hydrogen) atoms. The average molecular weight is 232 g/mol. The van der Waals surface area contributed by atoms with Gasteiger partial charge in [-0.1, -0.05) is 11.8 Å². The van der Waals surface area contributed by atoms with Gasteiger partial charge < -0.3 is 15.3 Å². The molecule has 1 aliphatic rings. The third-order valence-electron chi connectivity index (χ3n) is 2.13. The van der Waals surface area contributed by atoms with Gasteiger partial charge in [0, 0.05) is 31.3 Å². The number of rotatable bonds is 5. The lowest BCUT2D eigenvalue weighted by Crippen LogP contribution is -2.37. The number of aliphatic hydroxyl groups is 1. The molecule has 2 N–H and O–H groups in total. The molecule has 1 rings (SSSR count). The van der Waals surface area contributed by atoms with Gasteiger partial charge >= 0.3 is 0 Å². The molecule has 1 aliphatic heterocycles. The smallest absolute Gasteiger partial charge is 0.281 e. The molecular formula is C9H16N2O3S. The van der Waals surface area contributed by atoms with Gasteiger partial charge in [-0.15, -0.1) is 0 Å². The van der Waals surface area contributed by atoms with Crippen molar-refractivity contribution in [2.75, 3.05) is 25.4 Å². The van der Waals surface area contributed by atoms with Gasteiger partial charge in [0.1, 0.15) is 0 Å². The fraction of sp³-hybridized carbons (Fsp3) is 0.778. The van der Waals surface area contributed by atoms with Crippen LogP contribution in [0, 0.1) is 0 Å². The van der Waals surface area contributed by atoms with Crippen LogP contribution < -0.4 is 5.32 Å². The Bertz CT molecular complexity index is 248. The van der Waals surface area contributed by atoms with Crippen LogP contribution in [0.4, 0.5) is 4.79 Å². The quantitative estimate of drug-likeness (QED) is 0.702. The Hall–Kier alpha value is -0.750. The molecule has 0 aromatic heterocycles. The van der Waals surface area contributed by atoms with E-state index in [0.717, 1.165) is 12.3 Å². The van der Waals surface area contributed by atoms with Crippen LogP contribution in [0.25, 0.3) is 0 Å². The van der Waals surface area contributed by atoms with E-state index in [9.17, 15) is 9.59 Å². The Morgan fingerprint density at radius 3 is 3.00 bits per heavy atom. The fourth-order valence-corrected chi connectivity index (χ4v) is 2.11. The summed E-state index contributed by atoms with van der Waals surface area (Å²) in [4.78, 5) is 24.2. The topological polar surface area (TPSA) is 69.6 Å². The molecule has 0 unspecified atom stereocenters. The lowest BCUT2D eigenvalue weighted by molar-refractivity contribution is -0.122. The van der Waals surface area contributed by atoms with Crippen LogP contribution in [0.5, 0.6) is 0 Å². The number of nitrogens with zero attached hydrogens (tertiary/aromatic N) is 1. The highest BCUT2D eigenvalue weighted by atomic mass is 32.2. The number of hydrogen-bond acceptors (Lipinski definition) is 4. The lowest BCUT2D eigenvalue weighted by atomic mass is 10.3. The fourth-order valence-electron chi connectivity index (χ4n) is 1.26. The van der Waals surface area contributed by atoms with Crippen molar-refractivity contribution >= 4 is 22.9 Å². The van der Waals surface area contributed by atoms with Gasteiger partial charge in [0.15, 0.2) is 0 Å². The van der Waals surface area contributed by atoms with Crippen LogP contribution in [0.3, 0.4) is 0 Å². The van der Waals surface area contributed by atoms with Crippen LogP contribution >= 0.6 is 11.8 Å². The second-order valence-electron chi connectivity index (χ2n) is 3.50. The third-order valence-corrected chi connectivity index (χ3v) is 3.03. The van der Waals surface area contributed by atoms with Crippen molar-refractivity contribution in [3.05, 3.63) is 0 Å². The van der Waals surface area contributed by atoms with Crippen molar-refractivity contribution in [1.82, 2.24) is 10.2 Å². The third kappa shape index (κ3) is 4.09. The number of amides is 2. The molecule has 0 saturated carbocycles. The summed E-state index contributed by atoms with van der Waals surface area (Å²) in [6.45, 7) is 2.86. The predicted molar refractivity (Wildman–Crippen MR) is 58.7 cm³/mol. The number of hydrogen-bond donors (Lipinski definition) is 2. The summed E-state index contributed by atoms with van der Waals surface area (Å²) in [7, 11) is 0. The first kappa shape index (κ1) is 12.3. The maximum Gasteiger partial charge on any atom is 0.281 e. The molecule has 86 valence electrons. The monoisotopic (exact) mass is 232 g/mol. The first-order chi connectivity index (χ1) is 7.13. The van der Waals surface area contributed by atoms with Gasteiger partial charge in [-0.25, -0.2) is 0 Å². The van der Waals surface area contributed by atoms with E-state index in [0.29, 0.717) is 13.0 Å². The minimum atomic E-state index is -0.221. The van der Waals surface area contributed by atoms with Crippen molar-refractivity contribution in [3.63, 3.8) is 0 Å². The molecule has 1 atom stereocenters. The van der Waals surface area contributed by atoms with E-state index in [1.165, 1.54) is 11.8 Å². The summed E-state index contributed by atoms with van der Waals surface area (Å²) in [5.41, 5.74) is 0. The summed E-state index contributed by atoms with van der Waals surface area (Å²) < 4.78 is 0. The zero-order chi connectivity index (χ0) is 11.3. The van der Waals surface area contributed by atoms with Crippen molar-refractivity contribution in [2.24, 2.45) is 0 Å². The summed E-state index contributed by atoms with van der Waals surface area (Å²) in [6, 6.07) is -0.221. The molecule has 0 aromatic carbocycles. The predicted octanol–water partition coefficient (Wildman–Crippen LogP) is 0.0423. The number of carbonyl (C=O) groups excluding carboxylic acids is 2. The van der Waals surface area contributed by atoms with Crippen molar-refractivity contribution in [1.29, 1.82) is 0 Å². The Labute approximate surface area is 93.2 Å². The second kappa shape index (κ2) is 5.97. The van der Waals surface area contributed by atoms with Crippen molar-refractivity contribution in [2.45, 2.75) is 19.4 Å². The summed E-state index contributed by atoms with van der Waals surface area (Å²) in [6.07, 6.45) is 0.302. The highest BCUT2D eigenvalue weighted by Gasteiger charge is 2.21. The minimum Gasteiger partial charge on any atom is -0.394 e. The Balaban J connectivity index is 2.19. The summed E-state index contributed by atoms with van der Waals surface area (Å²) >= 11 is 1.29. The normalized spacial score (nSPS) is 18.0. The van der Waals surface area contributed by atoms with Gasteiger partial charge in [0.25, 0.3) is 5.24 Å². The maximum absolute atomic E-state index is 11.3. The zero-order valence-corrected chi connectivity index (χ0v) is 9.55. The minimum absolute atomic E-state index is 0.0537. The Morgan fingerprint density at radius 1 is 1.73 bits per heavy atom. The highest BCUT2D eigenvalue weighted by Crippen LogP contribution is 2.16. The molecule has 2 amide bonds. The number of aliphatic hydroxyl groups excluding tert-OH is 1. The standard InChI is InChI=1S/C9H16N2O3S/c1-7(6-12)10-8(13)2-3-11-4-5-15-9(11)14/h7,12H,2-6H2,1H3,(H,10,13)/t7-/m1/s1. The SMILES string of the molecule is C[C@H](CO)NC(=O)CCN1CCSC1=O. The number of thioether (sulfide) groups is 1. The Morgan fingerprint density at radius 2 is 2.47 bits per heavy atom. The van der Waals surface area contributed by atoms with E-state index in [2.05, 4.69) is 5.32 Å². The van der Waals surface area contributed by atoms with Gasteiger partial charge in [0.2, 0.25) is 5.91 Å². The lowest BCUT2D eigenvalue weighted by Gasteiger charge is -2.15. The molecule has 0 spiro atoms. The molecule has 5 nitrogen and oxygen atoms in total. The van der Waals surface area contributed by atoms with Crippen LogP contribution in [-0.2, 0) is 4.79 Å². The largest absolute Gasteiger partial charge is 0.394 e. The van der Waals surface area contributed by atoms with Gasteiger partial charge in [-0.05, 0) is 6.92 Å². The molecule has 0 radical (unpaired) electrons. The van der Waals surface area contributed by atoms with Crippen molar-refractivity contribution in [3.8, 4) is 0 Å². The van der Waals surface area contributed by atoms with Crippen LogP contribution in [0.1, 0.15) is 13.3 Å². The van der Waals surface area contributed by atoms with E-state index in [-0.39, 0.29) is 23.8 Å². The molecular weight excluding hydrogens is 216 g/mol. The molecule has 1 saturated heterocycles. The van der Waals surface area contributed by atoms with Crippen LogP contribution in [-0.4, -0.2) is 52.6 Å². The van der Waals surface area contributed by atoms with E-state index in [4.69, 9.17) is 5.11 Å². The highest BCUT2D eigenvalue weighted by molar-refractivity contribution is 8.13. The molecule has 0 aromatic rings. The first-order valence-electron chi connectivity index (χ1n) is 4.95. The van der Waals surface area contributed by atoms with Gasteiger partial charge in [-0.2, -0.15) is 0 Å². The van der Waals surface area contributed by atoms with Crippen LogP contribution in [0.2, 0.25) is 0 Å². The second-order valence-corrected chi connectivity index (χ2v) is 4.55. The first-order valence-corrected chi connectivity index (χ1v) is 5.94. The van der Waals surface area contributed by atoms with Crippen molar-refractivity contribution < 1.29 is 14.7 Å². The molecule has 1 fully saturated rings. The Kier molecular flexibility index (Phi) is 4.90. The van der Waals surface area contributed by atoms with E-state index in [1.807, 2.05) is 0 Å². The molecule has 0 aliphatic carbocycles. The number of carbonyl (C=O) groups is 2. The van der Waals surface area contributed by atoms with E-state index < -0.39 is 0 Å². The van der Waals surface area contributed by atoms with E-state index >= 15 is 0 Å². The molecule has 1 heterocycles. The average Bonchev–Trinajstić information content (AvgIpc) is 2.61. The zero-order valence-electron chi connectivity index (χ0n) is 8.73. The molecule has 6 heteroatoms. The van der Waals surface area contributed by atoms with Gasteiger partial charge in [-0.3, -0.25) is 9.59 Å². The summed E-state index contributed by atoms with van der Waals surface area (Å²) in [5.74, 6) is 0.689. The number of nitrogens with one attached hydrogen (secondary N) is 1.